The van der Waals surface area contributed by atoms with Crippen LogP contribution in [0.15, 0.2) is 35.4 Å². The molecule has 2 rings (SSSR count). The van der Waals surface area contributed by atoms with Crippen molar-refractivity contribution in [3.63, 3.8) is 0 Å². The Balaban J connectivity index is 2.03. The average Bonchev–Trinajstić information content (AvgIpc) is 2.73. The number of rotatable bonds is 3. The molecule has 0 aliphatic carbocycles. The van der Waals surface area contributed by atoms with Gasteiger partial charge in [-0.1, -0.05) is 28.8 Å². The van der Waals surface area contributed by atoms with Crippen LogP contribution in [0.5, 0.6) is 0 Å². The van der Waals surface area contributed by atoms with E-state index >= 15 is 0 Å². The van der Waals surface area contributed by atoms with Crippen molar-refractivity contribution in [2.45, 2.75) is 13.8 Å². The van der Waals surface area contributed by atoms with E-state index < -0.39 is 0 Å². The van der Waals surface area contributed by atoms with E-state index in [1.54, 1.807) is 12.3 Å². The van der Waals surface area contributed by atoms with Crippen LogP contribution >= 0.6 is 22.9 Å². The van der Waals surface area contributed by atoms with Gasteiger partial charge in [0.25, 0.3) is 5.91 Å². The summed E-state index contributed by atoms with van der Waals surface area (Å²) < 4.78 is 0.696. The molecule has 0 spiro atoms. The fourth-order valence-electron chi connectivity index (χ4n) is 1.72. The summed E-state index contributed by atoms with van der Waals surface area (Å²) in [4.78, 5) is 12.8. The van der Waals surface area contributed by atoms with Crippen LogP contribution in [0.1, 0.15) is 26.4 Å². The van der Waals surface area contributed by atoms with E-state index in [9.17, 15) is 4.79 Å². The number of hydrogen-bond donors (Lipinski definition) is 1. The highest BCUT2D eigenvalue weighted by atomic mass is 35.5. The van der Waals surface area contributed by atoms with Gasteiger partial charge in [0.15, 0.2) is 0 Å². The number of halogens is 1. The van der Waals surface area contributed by atoms with Gasteiger partial charge >= 0.3 is 0 Å². The second-order valence-corrected chi connectivity index (χ2v) is 5.96. The average molecular weight is 293 g/mol. The zero-order chi connectivity index (χ0) is 13.8. The van der Waals surface area contributed by atoms with Crippen LogP contribution in [0.3, 0.4) is 0 Å². The summed E-state index contributed by atoms with van der Waals surface area (Å²) in [6, 6.07) is 9.33. The third-order valence-corrected chi connectivity index (χ3v) is 3.60. The molecule has 19 heavy (non-hydrogen) atoms. The van der Waals surface area contributed by atoms with E-state index in [1.807, 2.05) is 38.1 Å². The lowest BCUT2D eigenvalue weighted by atomic mass is 10.1. The van der Waals surface area contributed by atoms with Gasteiger partial charge in [0.05, 0.1) is 10.6 Å². The molecule has 5 heteroatoms. The Bertz CT molecular complexity index is 614. The maximum absolute atomic E-state index is 11.9. The Morgan fingerprint density at radius 3 is 2.53 bits per heavy atom. The van der Waals surface area contributed by atoms with Crippen LogP contribution in [0.4, 0.5) is 0 Å². The molecule has 98 valence electrons. The number of thiophene rings is 1. The van der Waals surface area contributed by atoms with Crippen molar-refractivity contribution in [3.8, 4) is 0 Å². The first-order valence-corrected chi connectivity index (χ1v) is 6.91. The Morgan fingerprint density at radius 1 is 1.26 bits per heavy atom. The first-order chi connectivity index (χ1) is 9.04. The fraction of sp³-hybridized carbons (Fsp3) is 0.143. The molecule has 0 fully saturated rings. The number of nitrogens with one attached hydrogen (secondary N) is 1. The van der Waals surface area contributed by atoms with Crippen molar-refractivity contribution >= 4 is 35.1 Å². The Morgan fingerprint density at radius 2 is 1.95 bits per heavy atom. The van der Waals surface area contributed by atoms with Crippen molar-refractivity contribution in [2.75, 3.05) is 0 Å². The number of benzene rings is 1. The lowest BCUT2D eigenvalue weighted by molar-refractivity contribution is 0.0955. The summed E-state index contributed by atoms with van der Waals surface area (Å²) in [6.07, 6.45) is 1.58. The molecule has 1 N–H and O–H groups in total. The van der Waals surface area contributed by atoms with Crippen molar-refractivity contribution < 1.29 is 4.79 Å². The van der Waals surface area contributed by atoms with Crippen molar-refractivity contribution in [3.05, 3.63) is 56.2 Å². The normalized spacial score (nSPS) is 10.9. The van der Waals surface area contributed by atoms with E-state index in [1.165, 1.54) is 11.3 Å². The second kappa shape index (κ2) is 5.99. The zero-order valence-corrected chi connectivity index (χ0v) is 12.2. The van der Waals surface area contributed by atoms with Crippen molar-refractivity contribution in [2.24, 2.45) is 5.10 Å². The lowest BCUT2D eigenvalue weighted by Crippen LogP contribution is -2.17. The predicted molar refractivity (Wildman–Crippen MR) is 80.3 cm³/mol. The van der Waals surface area contributed by atoms with Gasteiger partial charge in [-0.2, -0.15) is 5.10 Å². The molecule has 2 aromatic rings. The number of nitrogens with zero attached hydrogens (tertiary/aromatic N) is 1. The van der Waals surface area contributed by atoms with Gasteiger partial charge in [0.1, 0.15) is 0 Å². The summed E-state index contributed by atoms with van der Waals surface area (Å²) >= 11 is 7.21. The maximum Gasteiger partial charge on any atom is 0.271 e. The van der Waals surface area contributed by atoms with Crippen LogP contribution in [0, 0.1) is 13.8 Å². The molecule has 0 aliphatic rings. The van der Waals surface area contributed by atoms with E-state index in [2.05, 4.69) is 10.5 Å². The molecular weight excluding hydrogens is 280 g/mol. The molecule has 0 saturated heterocycles. The minimum Gasteiger partial charge on any atom is -0.267 e. The number of carbonyl (C=O) groups is 1. The third kappa shape index (κ3) is 3.91. The summed E-state index contributed by atoms with van der Waals surface area (Å²) in [5, 5.41) is 3.92. The first-order valence-electron chi connectivity index (χ1n) is 5.71. The maximum atomic E-state index is 11.9. The largest absolute Gasteiger partial charge is 0.271 e. The van der Waals surface area contributed by atoms with E-state index in [0.717, 1.165) is 16.0 Å². The van der Waals surface area contributed by atoms with Crippen LogP contribution in [0.2, 0.25) is 4.34 Å². The van der Waals surface area contributed by atoms with Crippen LogP contribution in [-0.2, 0) is 0 Å². The number of amides is 1. The fourth-order valence-corrected chi connectivity index (χ4v) is 2.66. The van der Waals surface area contributed by atoms with Gasteiger partial charge in [0, 0.05) is 10.4 Å². The summed E-state index contributed by atoms with van der Waals surface area (Å²) in [5.41, 5.74) is 5.22. The van der Waals surface area contributed by atoms with Gasteiger partial charge in [-0.15, -0.1) is 11.3 Å². The Kier molecular flexibility index (Phi) is 4.35. The quantitative estimate of drug-likeness (QED) is 0.679. The number of aryl methyl sites for hydroxylation is 2. The van der Waals surface area contributed by atoms with Crippen molar-refractivity contribution in [1.29, 1.82) is 0 Å². The molecule has 0 bridgehead atoms. The first kappa shape index (κ1) is 13.8. The highest BCUT2D eigenvalue weighted by Crippen LogP contribution is 2.19. The molecule has 1 heterocycles. The van der Waals surface area contributed by atoms with Gasteiger partial charge < -0.3 is 0 Å². The SMILES string of the molecule is Cc1cc(C)cc(C(=O)N/N=C/c2ccc(Cl)s2)c1. The van der Waals surface area contributed by atoms with Gasteiger partial charge in [-0.25, -0.2) is 5.43 Å². The molecule has 0 atom stereocenters. The van der Waals surface area contributed by atoms with E-state index in [4.69, 9.17) is 11.6 Å². The minimum atomic E-state index is -0.217. The Hall–Kier alpha value is -1.65. The highest BCUT2D eigenvalue weighted by molar-refractivity contribution is 7.17. The second-order valence-electron chi connectivity index (χ2n) is 4.22. The third-order valence-electron chi connectivity index (χ3n) is 2.44. The van der Waals surface area contributed by atoms with E-state index in [0.29, 0.717) is 9.90 Å². The molecule has 3 nitrogen and oxygen atoms in total. The number of hydrogen-bond acceptors (Lipinski definition) is 3. The molecule has 0 unspecified atom stereocenters. The summed E-state index contributed by atoms with van der Waals surface area (Å²) in [5.74, 6) is -0.217. The number of hydrazone groups is 1. The molecule has 0 aliphatic heterocycles. The van der Waals surface area contributed by atoms with Crippen LogP contribution < -0.4 is 5.43 Å². The van der Waals surface area contributed by atoms with Crippen LogP contribution in [-0.4, -0.2) is 12.1 Å². The minimum absolute atomic E-state index is 0.217. The molecule has 0 radical (unpaired) electrons. The van der Waals surface area contributed by atoms with Crippen molar-refractivity contribution in [1.82, 2.24) is 5.43 Å². The summed E-state index contributed by atoms with van der Waals surface area (Å²) in [6.45, 7) is 3.92. The van der Waals surface area contributed by atoms with Crippen LogP contribution in [0.25, 0.3) is 0 Å². The lowest BCUT2D eigenvalue weighted by Gasteiger charge is -2.03. The summed E-state index contributed by atoms with van der Waals surface area (Å²) in [7, 11) is 0. The monoisotopic (exact) mass is 292 g/mol. The molecular formula is C14H13ClN2OS. The van der Waals surface area contributed by atoms with E-state index in [-0.39, 0.29) is 5.91 Å². The number of carbonyl (C=O) groups excluding carboxylic acids is 1. The topological polar surface area (TPSA) is 41.5 Å². The van der Waals surface area contributed by atoms with Gasteiger partial charge in [0.2, 0.25) is 0 Å². The Labute approximate surface area is 120 Å². The zero-order valence-electron chi connectivity index (χ0n) is 10.6. The standard InChI is InChI=1S/C14H13ClN2OS/c1-9-5-10(2)7-11(6-9)14(18)17-16-8-12-3-4-13(15)19-12/h3-8H,1-2H3,(H,17,18)/b16-8+. The smallest absolute Gasteiger partial charge is 0.267 e. The van der Waals surface area contributed by atoms with Gasteiger partial charge in [-0.3, -0.25) is 4.79 Å². The molecule has 1 amide bonds. The van der Waals surface area contributed by atoms with Gasteiger partial charge in [-0.05, 0) is 38.1 Å². The predicted octanol–water partition coefficient (Wildman–Crippen LogP) is 3.78. The molecule has 0 saturated carbocycles. The molecule has 1 aromatic carbocycles. The highest BCUT2D eigenvalue weighted by Gasteiger charge is 2.05. The molecule has 1 aromatic heterocycles.